The Morgan fingerprint density at radius 2 is 2.10 bits per heavy atom. The minimum absolute atomic E-state index is 0.296. The number of hydrogen-bond acceptors (Lipinski definition) is 4. The van der Waals surface area contributed by atoms with Crippen LogP contribution in [0.5, 0.6) is 0 Å². The summed E-state index contributed by atoms with van der Waals surface area (Å²) < 4.78 is 32.3. The summed E-state index contributed by atoms with van der Waals surface area (Å²) in [6.45, 7) is 6.94. The lowest BCUT2D eigenvalue weighted by molar-refractivity contribution is 0.263. The first-order valence-electron chi connectivity index (χ1n) is 7.59. The lowest BCUT2D eigenvalue weighted by Gasteiger charge is -2.29. The Labute approximate surface area is 127 Å². The average Bonchev–Trinajstić information content (AvgIpc) is 2.73. The normalized spacial score (nSPS) is 16.7. The lowest BCUT2D eigenvalue weighted by atomic mass is 9.86. The van der Waals surface area contributed by atoms with Crippen LogP contribution >= 0.6 is 0 Å². The van der Waals surface area contributed by atoms with Crippen LogP contribution in [0.15, 0.2) is 15.4 Å². The van der Waals surface area contributed by atoms with Gasteiger partial charge >= 0.3 is 0 Å². The maximum atomic E-state index is 12.6. The minimum atomic E-state index is -3.45. The van der Waals surface area contributed by atoms with E-state index in [9.17, 15) is 8.42 Å². The molecular weight excluding hydrogens is 288 g/mol. The molecule has 1 N–H and O–H groups in total. The summed E-state index contributed by atoms with van der Waals surface area (Å²) in [5, 5.41) is 3.23. The molecule has 1 saturated carbocycles. The zero-order valence-electron chi connectivity index (χ0n) is 13.3. The molecule has 120 valence electrons. The Bertz CT molecular complexity index is 574. The molecule has 0 aromatic carbocycles. The van der Waals surface area contributed by atoms with E-state index in [0.29, 0.717) is 41.5 Å². The van der Waals surface area contributed by atoms with Crippen LogP contribution in [-0.4, -0.2) is 32.4 Å². The average molecular weight is 314 g/mol. The van der Waals surface area contributed by atoms with Crippen molar-refractivity contribution < 1.29 is 12.8 Å². The third-order valence-electron chi connectivity index (χ3n) is 4.04. The molecule has 0 aliphatic heterocycles. The zero-order valence-corrected chi connectivity index (χ0v) is 14.2. The number of furan rings is 1. The van der Waals surface area contributed by atoms with Crippen LogP contribution in [0.4, 0.5) is 0 Å². The number of sulfonamides is 1. The third kappa shape index (κ3) is 3.87. The Balaban J connectivity index is 2.11. The smallest absolute Gasteiger partial charge is 0.246 e. The standard InChI is InChI=1S/C15H26N2O3S/c1-11(2)16-9-14-8-15(12(3)20-14)21(18,19)17(4)10-13-6-5-7-13/h8,11,13,16H,5-7,9-10H2,1-4H3. The van der Waals surface area contributed by atoms with E-state index in [4.69, 9.17) is 4.42 Å². The second-order valence-corrected chi connectivity index (χ2v) is 8.26. The van der Waals surface area contributed by atoms with E-state index in [1.165, 1.54) is 10.7 Å². The van der Waals surface area contributed by atoms with Crippen LogP contribution in [0.25, 0.3) is 0 Å². The van der Waals surface area contributed by atoms with Gasteiger partial charge in [-0.2, -0.15) is 0 Å². The van der Waals surface area contributed by atoms with Gasteiger partial charge in [-0.3, -0.25) is 0 Å². The summed E-state index contributed by atoms with van der Waals surface area (Å²) in [6.07, 6.45) is 3.48. The molecule has 0 saturated heterocycles. The van der Waals surface area contributed by atoms with Crippen molar-refractivity contribution in [2.45, 2.75) is 57.5 Å². The van der Waals surface area contributed by atoms with E-state index in [0.717, 1.165) is 12.8 Å². The number of aryl methyl sites for hydroxylation is 1. The first kappa shape index (κ1) is 16.5. The molecule has 5 nitrogen and oxygen atoms in total. The molecule has 1 aromatic heterocycles. The number of hydrogen-bond donors (Lipinski definition) is 1. The second kappa shape index (κ2) is 6.50. The number of nitrogens with zero attached hydrogens (tertiary/aromatic N) is 1. The van der Waals surface area contributed by atoms with Crippen LogP contribution in [0.2, 0.25) is 0 Å². The van der Waals surface area contributed by atoms with Gasteiger partial charge in [-0.25, -0.2) is 12.7 Å². The molecular formula is C15H26N2O3S. The number of rotatable bonds is 7. The highest BCUT2D eigenvalue weighted by atomic mass is 32.2. The monoisotopic (exact) mass is 314 g/mol. The molecule has 0 radical (unpaired) electrons. The molecule has 1 heterocycles. The second-order valence-electron chi connectivity index (χ2n) is 6.25. The van der Waals surface area contributed by atoms with Crippen molar-refractivity contribution in [3.05, 3.63) is 17.6 Å². The quantitative estimate of drug-likeness (QED) is 0.840. The highest BCUT2D eigenvalue weighted by Gasteiger charge is 2.29. The zero-order chi connectivity index (χ0) is 15.6. The van der Waals surface area contributed by atoms with Crippen molar-refractivity contribution in [2.75, 3.05) is 13.6 Å². The Kier molecular flexibility index (Phi) is 5.11. The van der Waals surface area contributed by atoms with E-state index < -0.39 is 10.0 Å². The van der Waals surface area contributed by atoms with Crippen molar-refractivity contribution in [3.8, 4) is 0 Å². The summed E-state index contributed by atoms with van der Waals surface area (Å²) in [5.41, 5.74) is 0. The van der Waals surface area contributed by atoms with Gasteiger partial charge in [0.05, 0.1) is 6.54 Å². The van der Waals surface area contributed by atoms with Crippen LogP contribution in [-0.2, 0) is 16.6 Å². The molecule has 1 fully saturated rings. The third-order valence-corrected chi connectivity index (χ3v) is 5.97. The van der Waals surface area contributed by atoms with Gasteiger partial charge in [-0.05, 0) is 25.7 Å². The van der Waals surface area contributed by atoms with Crippen molar-refractivity contribution in [1.29, 1.82) is 0 Å². The van der Waals surface area contributed by atoms with Gasteiger partial charge < -0.3 is 9.73 Å². The molecule has 0 atom stereocenters. The summed E-state index contributed by atoms with van der Waals surface area (Å²) in [5.74, 6) is 1.65. The van der Waals surface area contributed by atoms with Crippen LogP contribution in [0, 0.1) is 12.8 Å². The van der Waals surface area contributed by atoms with Gasteiger partial charge in [0, 0.05) is 25.7 Å². The van der Waals surface area contributed by atoms with Gasteiger partial charge in [0.25, 0.3) is 0 Å². The van der Waals surface area contributed by atoms with E-state index in [-0.39, 0.29) is 0 Å². The van der Waals surface area contributed by atoms with E-state index in [2.05, 4.69) is 5.32 Å². The molecule has 0 amide bonds. The number of nitrogens with one attached hydrogen (secondary N) is 1. The van der Waals surface area contributed by atoms with Crippen molar-refractivity contribution in [2.24, 2.45) is 5.92 Å². The molecule has 0 spiro atoms. The topological polar surface area (TPSA) is 62.6 Å². The van der Waals surface area contributed by atoms with Gasteiger partial charge in [0.15, 0.2) is 0 Å². The fourth-order valence-electron chi connectivity index (χ4n) is 2.48. The van der Waals surface area contributed by atoms with Crippen LogP contribution < -0.4 is 5.32 Å². The minimum Gasteiger partial charge on any atom is -0.464 e. The first-order valence-corrected chi connectivity index (χ1v) is 9.03. The largest absolute Gasteiger partial charge is 0.464 e. The highest BCUT2D eigenvalue weighted by molar-refractivity contribution is 7.89. The van der Waals surface area contributed by atoms with Gasteiger partial charge in [-0.1, -0.05) is 20.3 Å². The molecule has 1 aliphatic carbocycles. The molecule has 21 heavy (non-hydrogen) atoms. The van der Waals surface area contributed by atoms with E-state index in [1.807, 2.05) is 13.8 Å². The Hall–Kier alpha value is -0.850. The van der Waals surface area contributed by atoms with Gasteiger partial charge in [0.2, 0.25) is 10.0 Å². The molecule has 0 unspecified atom stereocenters. The summed E-state index contributed by atoms with van der Waals surface area (Å²) in [7, 11) is -1.79. The first-order chi connectivity index (χ1) is 9.80. The van der Waals surface area contributed by atoms with Crippen LogP contribution in [0.1, 0.15) is 44.6 Å². The molecule has 1 aliphatic rings. The van der Waals surface area contributed by atoms with Gasteiger partial charge in [0.1, 0.15) is 16.4 Å². The summed E-state index contributed by atoms with van der Waals surface area (Å²) >= 11 is 0. The fourth-order valence-corrected chi connectivity index (χ4v) is 3.91. The summed E-state index contributed by atoms with van der Waals surface area (Å²) in [4.78, 5) is 0.296. The predicted molar refractivity (Wildman–Crippen MR) is 82.6 cm³/mol. The van der Waals surface area contributed by atoms with E-state index >= 15 is 0 Å². The lowest BCUT2D eigenvalue weighted by Crippen LogP contribution is -2.34. The fraction of sp³-hybridized carbons (Fsp3) is 0.733. The Morgan fingerprint density at radius 3 is 2.62 bits per heavy atom. The molecule has 1 aromatic rings. The predicted octanol–water partition coefficient (Wildman–Crippen LogP) is 2.51. The highest BCUT2D eigenvalue weighted by Crippen LogP contribution is 2.29. The van der Waals surface area contributed by atoms with Crippen LogP contribution in [0.3, 0.4) is 0 Å². The van der Waals surface area contributed by atoms with E-state index in [1.54, 1.807) is 20.0 Å². The van der Waals surface area contributed by atoms with Crippen molar-refractivity contribution in [3.63, 3.8) is 0 Å². The van der Waals surface area contributed by atoms with Crippen molar-refractivity contribution in [1.82, 2.24) is 9.62 Å². The summed E-state index contributed by atoms with van der Waals surface area (Å²) in [6, 6.07) is 1.98. The van der Waals surface area contributed by atoms with Gasteiger partial charge in [-0.15, -0.1) is 0 Å². The SMILES string of the molecule is Cc1oc(CNC(C)C)cc1S(=O)(=O)N(C)CC1CCC1. The molecule has 0 bridgehead atoms. The molecule has 2 rings (SSSR count). The maximum Gasteiger partial charge on any atom is 0.246 e. The Morgan fingerprint density at radius 1 is 1.43 bits per heavy atom. The van der Waals surface area contributed by atoms with Crippen molar-refractivity contribution >= 4 is 10.0 Å². The maximum absolute atomic E-state index is 12.6. The molecule has 6 heteroatoms.